The van der Waals surface area contributed by atoms with E-state index < -0.39 is 0 Å². The van der Waals surface area contributed by atoms with Crippen molar-refractivity contribution >= 4 is 28.4 Å². The average Bonchev–Trinajstić information content (AvgIpc) is 3.20. The standard InChI is InChI=1S/C13H12N2OS/c16-12(9-5-6-9)7-17-13-10-3-1-2-4-11(10)14-8-15-13/h1-4,8-9H,5-7H2. The molecule has 17 heavy (non-hydrogen) atoms. The van der Waals surface area contributed by atoms with Crippen molar-refractivity contribution in [2.75, 3.05) is 5.75 Å². The smallest absolute Gasteiger partial charge is 0.146 e. The zero-order valence-corrected chi connectivity index (χ0v) is 10.1. The lowest BCUT2D eigenvalue weighted by Crippen LogP contribution is -2.03. The summed E-state index contributed by atoms with van der Waals surface area (Å²) in [6.45, 7) is 0. The Hall–Kier alpha value is -1.42. The first-order chi connectivity index (χ1) is 8.34. The number of nitrogens with zero attached hydrogens (tertiary/aromatic N) is 2. The van der Waals surface area contributed by atoms with Crippen LogP contribution in [-0.4, -0.2) is 21.5 Å². The van der Waals surface area contributed by atoms with Crippen molar-refractivity contribution in [3.05, 3.63) is 30.6 Å². The predicted octanol–water partition coefficient (Wildman–Crippen LogP) is 2.70. The van der Waals surface area contributed by atoms with Crippen LogP contribution in [0.25, 0.3) is 10.9 Å². The Morgan fingerprint density at radius 2 is 2.12 bits per heavy atom. The van der Waals surface area contributed by atoms with Gasteiger partial charge in [0.05, 0.1) is 11.3 Å². The fourth-order valence-corrected chi connectivity index (χ4v) is 2.72. The first kappa shape index (κ1) is 10.7. The molecule has 0 N–H and O–H groups in total. The average molecular weight is 244 g/mol. The van der Waals surface area contributed by atoms with E-state index in [2.05, 4.69) is 9.97 Å². The van der Waals surface area contributed by atoms with E-state index >= 15 is 0 Å². The maximum atomic E-state index is 11.7. The van der Waals surface area contributed by atoms with Crippen LogP contribution in [0.15, 0.2) is 35.6 Å². The van der Waals surface area contributed by atoms with Gasteiger partial charge in [-0.1, -0.05) is 30.0 Å². The molecule has 0 aliphatic heterocycles. The van der Waals surface area contributed by atoms with Crippen molar-refractivity contribution in [3.8, 4) is 0 Å². The van der Waals surface area contributed by atoms with E-state index in [1.54, 1.807) is 6.33 Å². The van der Waals surface area contributed by atoms with Crippen molar-refractivity contribution < 1.29 is 4.79 Å². The molecular formula is C13H12N2OS. The van der Waals surface area contributed by atoms with Gasteiger partial charge in [-0.25, -0.2) is 9.97 Å². The molecule has 2 aromatic rings. The number of Topliss-reactive ketones (excluding diaryl/α,β-unsaturated/α-hetero) is 1. The predicted molar refractivity (Wildman–Crippen MR) is 68.0 cm³/mol. The highest BCUT2D eigenvalue weighted by molar-refractivity contribution is 8.00. The molecule has 1 aromatic heterocycles. The summed E-state index contributed by atoms with van der Waals surface area (Å²) < 4.78 is 0. The van der Waals surface area contributed by atoms with Gasteiger partial charge < -0.3 is 0 Å². The molecule has 1 fully saturated rings. The van der Waals surface area contributed by atoms with E-state index in [9.17, 15) is 4.79 Å². The molecule has 0 bridgehead atoms. The Kier molecular flexibility index (Phi) is 2.81. The van der Waals surface area contributed by atoms with Gasteiger partial charge in [-0.15, -0.1) is 0 Å². The largest absolute Gasteiger partial charge is 0.298 e. The van der Waals surface area contributed by atoms with Crippen molar-refractivity contribution in [1.29, 1.82) is 0 Å². The maximum Gasteiger partial charge on any atom is 0.146 e. The number of hydrogen-bond acceptors (Lipinski definition) is 4. The van der Waals surface area contributed by atoms with E-state index in [-0.39, 0.29) is 0 Å². The van der Waals surface area contributed by atoms with Gasteiger partial charge in [0.1, 0.15) is 17.1 Å². The summed E-state index contributed by atoms with van der Waals surface area (Å²) in [5, 5.41) is 1.94. The number of aromatic nitrogens is 2. The molecular weight excluding hydrogens is 232 g/mol. The first-order valence-electron chi connectivity index (χ1n) is 5.70. The number of fused-ring (bicyclic) bond motifs is 1. The first-order valence-corrected chi connectivity index (χ1v) is 6.68. The van der Waals surface area contributed by atoms with Crippen molar-refractivity contribution in [2.45, 2.75) is 17.9 Å². The molecule has 3 nitrogen and oxygen atoms in total. The molecule has 3 rings (SSSR count). The van der Waals surface area contributed by atoms with Crippen LogP contribution in [0.1, 0.15) is 12.8 Å². The van der Waals surface area contributed by atoms with Gasteiger partial charge in [-0.05, 0) is 18.9 Å². The molecule has 4 heteroatoms. The van der Waals surface area contributed by atoms with Crippen LogP contribution in [0.4, 0.5) is 0 Å². The minimum Gasteiger partial charge on any atom is -0.298 e. The summed E-state index contributed by atoms with van der Waals surface area (Å²) in [6, 6.07) is 7.89. The zero-order valence-electron chi connectivity index (χ0n) is 9.30. The number of hydrogen-bond donors (Lipinski definition) is 0. The van der Waals surface area contributed by atoms with E-state index in [4.69, 9.17) is 0 Å². The highest BCUT2D eigenvalue weighted by Crippen LogP contribution is 2.32. The summed E-state index contributed by atoms with van der Waals surface area (Å²) in [5.74, 6) is 1.22. The molecule has 1 aromatic carbocycles. The van der Waals surface area contributed by atoms with E-state index in [0.717, 1.165) is 28.8 Å². The number of benzene rings is 1. The van der Waals surface area contributed by atoms with Crippen molar-refractivity contribution in [1.82, 2.24) is 9.97 Å². The van der Waals surface area contributed by atoms with Crippen LogP contribution in [0, 0.1) is 5.92 Å². The second kappa shape index (κ2) is 4.45. The van der Waals surface area contributed by atoms with Gasteiger partial charge in [-0.2, -0.15) is 0 Å². The summed E-state index contributed by atoms with van der Waals surface area (Å²) in [5.41, 5.74) is 0.934. The molecule has 1 aliphatic rings. The van der Waals surface area contributed by atoms with Crippen molar-refractivity contribution in [2.24, 2.45) is 5.92 Å². The van der Waals surface area contributed by atoms with E-state index in [0.29, 0.717) is 17.5 Å². The fourth-order valence-electron chi connectivity index (χ4n) is 1.76. The van der Waals surface area contributed by atoms with Gasteiger partial charge in [0.25, 0.3) is 0 Å². The number of para-hydroxylation sites is 1. The zero-order chi connectivity index (χ0) is 11.7. The molecule has 1 heterocycles. The third-order valence-electron chi connectivity index (χ3n) is 2.89. The Labute approximate surface area is 104 Å². The van der Waals surface area contributed by atoms with Gasteiger partial charge in [0, 0.05) is 11.3 Å². The molecule has 0 atom stereocenters. The molecule has 0 spiro atoms. The van der Waals surface area contributed by atoms with Crippen molar-refractivity contribution in [3.63, 3.8) is 0 Å². The Balaban J connectivity index is 1.82. The number of carbonyl (C=O) groups excluding carboxylic acids is 1. The molecule has 1 aliphatic carbocycles. The molecule has 86 valence electrons. The molecule has 0 unspecified atom stereocenters. The summed E-state index contributed by atoms with van der Waals surface area (Å²) in [6.07, 6.45) is 3.71. The molecule has 0 radical (unpaired) electrons. The van der Waals surface area contributed by atoms with Crippen LogP contribution in [0.3, 0.4) is 0 Å². The Morgan fingerprint density at radius 3 is 2.94 bits per heavy atom. The highest BCUT2D eigenvalue weighted by Gasteiger charge is 2.29. The lowest BCUT2D eigenvalue weighted by Gasteiger charge is -2.03. The van der Waals surface area contributed by atoms with E-state index in [1.807, 2.05) is 24.3 Å². The van der Waals surface area contributed by atoms with Crippen LogP contribution < -0.4 is 0 Å². The Bertz CT molecular complexity index is 561. The number of carbonyl (C=O) groups is 1. The maximum absolute atomic E-state index is 11.7. The van der Waals surface area contributed by atoms with Crippen LogP contribution in [0.5, 0.6) is 0 Å². The summed E-state index contributed by atoms with van der Waals surface area (Å²) >= 11 is 1.53. The fraction of sp³-hybridized carbons (Fsp3) is 0.308. The van der Waals surface area contributed by atoms with Crippen LogP contribution in [0.2, 0.25) is 0 Å². The minimum absolute atomic E-state index is 0.329. The van der Waals surface area contributed by atoms with E-state index in [1.165, 1.54) is 11.8 Å². The van der Waals surface area contributed by atoms with Gasteiger partial charge in [-0.3, -0.25) is 4.79 Å². The van der Waals surface area contributed by atoms with Gasteiger partial charge in [0.15, 0.2) is 0 Å². The van der Waals surface area contributed by atoms with Crippen LogP contribution in [-0.2, 0) is 4.79 Å². The normalized spacial score (nSPS) is 15.1. The minimum atomic E-state index is 0.329. The lowest BCUT2D eigenvalue weighted by molar-refractivity contribution is -0.117. The quantitative estimate of drug-likeness (QED) is 0.612. The lowest BCUT2D eigenvalue weighted by atomic mass is 10.2. The number of rotatable bonds is 4. The monoisotopic (exact) mass is 244 g/mol. The summed E-state index contributed by atoms with van der Waals surface area (Å²) in [4.78, 5) is 20.1. The van der Waals surface area contributed by atoms with Crippen LogP contribution >= 0.6 is 11.8 Å². The third-order valence-corrected chi connectivity index (χ3v) is 3.92. The van der Waals surface area contributed by atoms with Gasteiger partial charge >= 0.3 is 0 Å². The third kappa shape index (κ3) is 2.31. The second-order valence-corrected chi connectivity index (χ2v) is 5.19. The summed E-state index contributed by atoms with van der Waals surface area (Å²) in [7, 11) is 0. The highest BCUT2D eigenvalue weighted by atomic mass is 32.2. The topological polar surface area (TPSA) is 42.9 Å². The Morgan fingerprint density at radius 1 is 1.29 bits per heavy atom. The number of ketones is 1. The molecule has 0 saturated heterocycles. The molecule has 1 saturated carbocycles. The molecule has 0 amide bonds. The number of thioether (sulfide) groups is 1. The second-order valence-electron chi connectivity index (χ2n) is 4.23. The van der Waals surface area contributed by atoms with Gasteiger partial charge in [0.2, 0.25) is 0 Å². The SMILES string of the molecule is O=C(CSc1ncnc2ccccc12)C1CC1.